The first kappa shape index (κ1) is 14.1. The van der Waals surface area contributed by atoms with Crippen LogP contribution >= 0.6 is 22.9 Å². The van der Waals surface area contributed by atoms with E-state index < -0.39 is 0 Å². The molecular weight excluding hydrogens is 300 g/mol. The van der Waals surface area contributed by atoms with Gasteiger partial charge in [0.1, 0.15) is 5.01 Å². The van der Waals surface area contributed by atoms with E-state index in [1.165, 1.54) is 0 Å². The van der Waals surface area contributed by atoms with E-state index in [2.05, 4.69) is 27.8 Å². The molecule has 0 saturated carbocycles. The number of benzene rings is 2. The Kier molecular flexibility index (Phi) is 4.23. The number of anilines is 1. The van der Waals surface area contributed by atoms with Crippen LogP contribution in [0.4, 0.5) is 5.69 Å². The van der Waals surface area contributed by atoms with Gasteiger partial charge in [-0.25, -0.2) is 4.98 Å². The van der Waals surface area contributed by atoms with Crippen molar-refractivity contribution in [3.63, 3.8) is 0 Å². The normalized spacial score (nSPS) is 10.6. The molecular formula is C17H15ClN2S. The molecule has 0 aliphatic heterocycles. The molecule has 0 aliphatic rings. The maximum absolute atomic E-state index is 6.22. The summed E-state index contributed by atoms with van der Waals surface area (Å²) in [5.74, 6) is 0. The summed E-state index contributed by atoms with van der Waals surface area (Å²) in [6, 6.07) is 16.2. The lowest BCUT2D eigenvalue weighted by Crippen LogP contribution is -1.99. The molecule has 1 aromatic heterocycles. The zero-order chi connectivity index (χ0) is 14.7. The van der Waals surface area contributed by atoms with Gasteiger partial charge in [-0.05, 0) is 24.6 Å². The average Bonchev–Trinajstić information content (AvgIpc) is 2.96. The van der Waals surface area contributed by atoms with Crippen LogP contribution < -0.4 is 5.32 Å². The third-order valence-electron chi connectivity index (χ3n) is 3.18. The largest absolute Gasteiger partial charge is 0.377 e. The molecule has 2 aromatic carbocycles. The lowest BCUT2D eigenvalue weighted by atomic mass is 10.2. The van der Waals surface area contributed by atoms with Crippen molar-refractivity contribution >= 4 is 28.6 Å². The number of aromatic nitrogens is 1. The molecule has 2 nitrogen and oxygen atoms in total. The SMILES string of the molecule is Cc1ccc(NCc2nc(-c3ccccc3)cs2)c(Cl)c1. The Bertz CT molecular complexity index is 738. The molecule has 0 bridgehead atoms. The molecule has 0 spiro atoms. The van der Waals surface area contributed by atoms with Crippen LogP contribution in [0.25, 0.3) is 11.3 Å². The van der Waals surface area contributed by atoms with Crippen LogP contribution in [0, 0.1) is 6.92 Å². The van der Waals surface area contributed by atoms with Crippen molar-refractivity contribution in [2.75, 3.05) is 5.32 Å². The maximum atomic E-state index is 6.22. The highest BCUT2D eigenvalue weighted by atomic mass is 35.5. The maximum Gasteiger partial charge on any atom is 0.112 e. The number of thiazole rings is 1. The van der Waals surface area contributed by atoms with Gasteiger partial charge in [-0.2, -0.15) is 0 Å². The molecule has 0 atom stereocenters. The molecule has 4 heteroatoms. The van der Waals surface area contributed by atoms with Crippen LogP contribution in [0.3, 0.4) is 0 Å². The Balaban J connectivity index is 1.70. The fraction of sp³-hybridized carbons (Fsp3) is 0.118. The lowest BCUT2D eigenvalue weighted by Gasteiger charge is -2.07. The molecule has 1 heterocycles. The average molecular weight is 315 g/mol. The number of hydrogen-bond donors (Lipinski definition) is 1. The molecule has 21 heavy (non-hydrogen) atoms. The molecule has 3 aromatic rings. The van der Waals surface area contributed by atoms with Gasteiger partial charge in [0.05, 0.1) is 22.9 Å². The molecule has 0 saturated heterocycles. The molecule has 0 amide bonds. The molecule has 0 fully saturated rings. The van der Waals surface area contributed by atoms with Crippen molar-refractivity contribution in [2.24, 2.45) is 0 Å². The predicted octanol–water partition coefficient (Wildman–Crippen LogP) is 5.38. The van der Waals surface area contributed by atoms with Crippen molar-refractivity contribution < 1.29 is 0 Å². The summed E-state index contributed by atoms with van der Waals surface area (Å²) in [7, 11) is 0. The van der Waals surface area contributed by atoms with E-state index in [4.69, 9.17) is 11.6 Å². The summed E-state index contributed by atoms with van der Waals surface area (Å²) in [5.41, 5.74) is 4.27. The fourth-order valence-corrected chi connectivity index (χ4v) is 3.11. The Morgan fingerprint density at radius 2 is 1.95 bits per heavy atom. The Morgan fingerprint density at radius 3 is 2.71 bits per heavy atom. The highest BCUT2D eigenvalue weighted by Gasteiger charge is 2.05. The van der Waals surface area contributed by atoms with Crippen molar-refractivity contribution in [1.29, 1.82) is 0 Å². The number of hydrogen-bond acceptors (Lipinski definition) is 3. The third kappa shape index (κ3) is 3.43. The number of halogens is 1. The first-order chi connectivity index (χ1) is 10.2. The van der Waals surface area contributed by atoms with E-state index >= 15 is 0 Å². The van der Waals surface area contributed by atoms with Crippen LogP contribution in [0.15, 0.2) is 53.9 Å². The summed E-state index contributed by atoms with van der Waals surface area (Å²) in [6.07, 6.45) is 0. The van der Waals surface area contributed by atoms with E-state index in [-0.39, 0.29) is 0 Å². The summed E-state index contributed by atoms with van der Waals surface area (Å²) in [6.45, 7) is 2.71. The Labute approximate surface area is 133 Å². The van der Waals surface area contributed by atoms with E-state index in [0.717, 1.165) is 32.5 Å². The van der Waals surface area contributed by atoms with Crippen molar-refractivity contribution in [3.05, 3.63) is 69.5 Å². The number of rotatable bonds is 4. The van der Waals surface area contributed by atoms with Crippen LogP contribution in [-0.2, 0) is 6.54 Å². The second-order valence-electron chi connectivity index (χ2n) is 4.83. The van der Waals surface area contributed by atoms with Gasteiger partial charge < -0.3 is 5.32 Å². The first-order valence-electron chi connectivity index (χ1n) is 6.72. The Hall–Kier alpha value is -1.84. The van der Waals surface area contributed by atoms with Gasteiger partial charge in [0.2, 0.25) is 0 Å². The highest BCUT2D eigenvalue weighted by molar-refractivity contribution is 7.09. The smallest absolute Gasteiger partial charge is 0.112 e. The van der Waals surface area contributed by atoms with Gasteiger partial charge in [-0.15, -0.1) is 11.3 Å². The lowest BCUT2D eigenvalue weighted by molar-refractivity contribution is 1.11. The minimum absolute atomic E-state index is 0.681. The number of nitrogens with one attached hydrogen (secondary N) is 1. The standard InChI is InChI=1S/C17H15ClN2S/c1-12-7-8-15(14(18)9-12)19-10-17-20-16(11-21-17)13-5-3-2-4-6-13/h2-9,11,19H,10H2,1H3. The Morgan fingerprint density at radius 1 is 1.14 bits per heavy atom. The minimum atomic E-state index is 0.681. The monoisotopic (exact) mass is 314 g/mol. The van der Waals surface area contributed by atoms with Crippen LogP contribution in [0.1, 0.15) is 10.6 Å². The van der Waals surface area contributed by atoms with Gasteiger partial charge in [-0.1, -0.05) is 48.0 Å². The number of aryl methyl sites for hydroxylation is 1. The van der Waals surface area contributed by atoms with Gasteiger partial charge in [0.15, 0.2) is 0 Å². The summed E-state index contributed by atoms with van der Waals surface area (Å²) >= 11 is 7.87. The van der Waals surface area contributed by atoms with Crippen molar-refractivity contribution in [2.45, 2.75) is 13.5 Å². The zero-order valence-corrected chi connectivity index (χ0v) is 13.2. The van der Waals surface area contributed by atoms with E-state index in [1.807, 2.05) is 43.3 Å². The van der Waals surface area contributed by atoms with Crippen LogP contribution in [0.5, 0.6) is 0 Å². The fourth-order valence-electron chi connectivity index (χ4n) is 2.07. The van der Waals surface area contributed by atoms with E-state index in [9.17, 15) is 0 Å². The van der Waals surface area contributed by atoms with Crippen molar-refractivity contribution in [3.8, 4) is 11.3 Å². The second-order valence-corrected chi connectivity index (χ2v) is 6.18. The second kappa shape index (κ2) is 6.29. The summed E-state index contributed by atoms with van der Waals surface area (Å²) < 4.78 is 0. The molecule has 106 valence electrons. The van der Waals surface area contributed by atoms with Gasteiger partial charge in [0, 0.05) is 10.9 Å². The van der Waals surface area contributed by atoms with E-state index in [0.29, 0.717) is 6.54 Å². The molecule has 1 N–H and O–H groups in total. The highest BCUT2D eigenvalue weighted by Crippen LogP contribution is 2.25. The predicted molar refractivity (Wildman–Crippen MR) is 91.1 cm³/mol. The molecule has 0 radical (unpaired) electrons. The van der Waals surface area contributed by atoms with E-state index in [1.54, 1.807) is 11.3 Å². The van der Waals surface area contributed by atoms with Crippen LogP contribution in [-0.4, -0.2) is 4.98 Å². The number of nitrogens with zero attached hydrogens (tertiary/aromatic N) is 1. The van der Waals surface area contributed by atoms with Gasteiger partial charge >= 0.3 is 0 Å². The van der Waals surface area contributed by atoms with Gasteiger partial charge in [-0.3, -0.25) is 0 Å². The summed E-state index contributed by atoms with van der Waals surface area (Å²) in [5, 5.41) is 7.22. The minimum Gasteiger partial charge on any atom is -0.377 e. The summed E-state index contributed by atoms with van der Waals surface area (Å²) in [4.78, 5) is 4.66. The molecule has 0 aliphatic carbocycles. The topological polar surface area (TPSA) is 24.9 Å². The first-order valence-corrected chi connectivity index (χ1v) is 7.98. The van der Waals surface area contributed by atoms with Crippen molar-refractivity contribution in [1.82, 2.24) is 4.98 Å². The van der Waals surface area contributed by atoms with Crippen LogP contribution in [0.2, 0.25) is 5.02 Å². The third-order valence-corrected chi connectivity index (χ3v) is 4.34. The van der Waals surface area contributed by atoms with Gasteiger partial charge in [0.25, 0.3) is 0 Å². The molecule has 0 unspecified atom stereocenters. The zero-order valence-electron chi connectivity index (χ0n) is 11.6. The molecule has 3 rings (SSSR count). The quantitative estimate of drug-likeness (QED) is 0.699.